The Morgan fingerprint density at radius 3 is 2.75 bits per heavy atom. The topological polar surface area (TPSA) is 0 Å². The molecule has 0 saturated carbocycles. The quantitative estimate of drug-likeness (QED) is 0.598. The summed E-state index contributed by atoms with van der Waals surface area (Å²) in [6, 6.07) is 12.5. The van der Waals surface area contributed by atoms with Crippen LogP contribution in [0.3, 0.4) is 0 Å². The van der Waals surface area contributed by atoms with Crippen molar-refractivity contribution < 1.29 is 0 Å². The smallest absolute Gasteiger partial charge is 0.0676 e. The van der Waals surface area contributed by atoms with Gasteiger partial charge < -0.3 is 0 Å². The molecule has 0 aliphatic heterocycles. The van der Waals surface area contributed by atoms with E-state index in [4.69, 9.17) is 23.2 Å². The van der Waals surface area contributed by atoms with Gasteiger partial charge in [0.05, 0.1) is 10.0 Å². The fourth-order valence-corrected chi connectivity index (χ4v) is 1.52. The van der Waals surface area contributed by atoms with Crippen LogP contribution in [-0.4, -0.2) is 0 Å². The van der Waals surface area contributed by atoms with Gasteiger partial charge in [0.25, 0.3) is 0 Å². The lowest BCUT2D eigenvalue weighted by atomic mass is 10.1. The summed E-state index contributed by atoms with van der Waals surface area (Å²) in [5, 5.41) is 3.10. The first kappa shape index (κ1) is 7.90. The molecule has 0 aliphatic rings. The molecule has 0 aliphatic carbocycles. The zero-order chi connectivity index (χ0) is 8.55. The molecule has 0 unspecified atom stereocenters. The van der Waals surface area contributed by atoms with Gasteiger partial charge in [-0.05, 0) is 17.5 Å². The van der Waals surface area contributed by atoms with E-state index in [2.05, 4.69) is 6.07 Å². The normalized spacial score (nSPS) is 10.5. The van der Waals surface area contributed by atoms with Crippen molar-refractivity contribution >= 4 is 34.0 Å². The summed E-state index contributed by atoms with van der Waals surface area (Å²) in [6.45, 7) is 0. The number of rotatable bonds is 0. The first-order valence-electron chi connectivity index (χ1n) is 3.53. The van der Waals surface area contributed by atoms with Gasteiger partial charge in [-0.25, -0.2) is 0 Å². The van der Waals surface area contributed by atoms with E-state index in [-0.39, 0.29) is 0 Å². The second kappa shape index (κ2) is 2.96. The Labute approximate surface area is 80.7 Å². The van der Waals surface area contributed by atoms with Crippen molar-refractivity contribution in [2.24, 2.45) is 0 Å². The SMILES string of the molecule is Clc1ccc2ccc[c]c2c1Cl. The first-order chi connectivity index (χ1) is 5.79. The molecular weight excluding hydrogens is 191 g/mol. The Balaban J connectivity index is 2.91. The predicted octanol–water partition coefficient (Wildman–Crippen LogP) is 3.95. The molecule has 0 amide bonds. The number of hydrogen-bond acceptors (Lipinski definition) is 0. The molecule has 0 atom stereocenters. The van der Waals surface area contributed by atoms with Gasteiger partial charge in [0.2, 0.25) is 0 Å². The van der Waals surface area contributed by atoms with E-state index in [1.54, 1.807) is 6.07 Å². The molecule has 12 heavy (non-hydrogen) atoms. The van der Waals surface area contributed by atoms with Crippen LogP contribution >= 0.6 is 23.2 Å². The van der Waals surface area contributed by atoms with Crippen molar-refractivity contribution in [2.75, 3.05) is 0 Å². The van der Waals surface area contributed by atoms with Crippen molar-refractivity contribution in [1.82, 2.24) is 0 Å². The maximum Gasteiger partial charge on any atom is 0.0676 e. The Morgan fingerprint density at radius 2 is 1.92 bits per heavy atom. The van der Waals surface area contributed by atoms with Crippen LogP contribution in [0.5, 0.6) is 0 Å². The van der Waals surface area contributed by atoms with Crippen molar-refractivity contribution in [3.63, 3.8) is 0 Å². The minimum atomic E-state index is 0.576. The number of benzene rings is 2. The molecule has 0 heterocycles. The average Bonchev–Trinajstić information content (AvgIpc) is 2.12. The highest BCUT2D eigenvalue weighted by Gasteiger charge is 2.01. The largest absolute Gasteiger partial charge is 0.0827 e. The fraction of sp³-hybridized carbons (Fsp3) is 0. The molecule has 2 rings (SSSR count). The van der Waals surface area contributed by atoms with E-state index in [1.807, 2.05) is 24.3 Å². The maximum absolute atomic E-state index is 5.96. The van der Waals surface area contributed by atoms with Crippen LogP contribution in [0.15, 0.2) is 30.3 Å². The molecule has 2 heteroatoms. The van der Waals surface area contributed by atoms with Gasteiger partial charge in [-0.3, -0.25) is 0 Å². The summed E-state index contributed by atoms with van der Waals surface area (Å²) in [5.41, 5.74) is 0. The summed E-state index contributed by atoms with van der Waals surface area (Å²) >= 11 is 11.8. The highest BCUT2D eigenvalue weighted by molar-refractivity contribution is 6.45. The van der Waals surface area contributed by atoms with Gasteiger partial charge in [-0.1, -0.05) is 47.5 Å². The third-order valence-electron chi connectivity index (χ3n) is 1.73. The van der Waals surface area contributed by atoms with E-state index in [0.717, 1.165) is 10.8 Å². The molecule has 0 aromatic heterocycles. The van der Waals surface area contributed by atoms with Crippen LogP contribution in [0.1, 0.15) is 0 Å². The molecule has 1 radical (unpaired) electrons. The first-order valence-corrected chi connectivity index (χ1v) is 4.29. The van der Waals surface area contributed by atoms with E-state index < -0.39 is 0 Å². The lowest BCUT2D eigenvalue weighted by Gasteiger charge is -2.00. The Kier molecular flexibility index (Phi) is 1.95. The number of halogens is 2. The predicted molar refractivity (Wildman–Crippen MR) is 52.8 cm³/mol. The number of fused-ring (bicyclic) bond motifs is 1. The molecule has 0 spiro atoms. The molecule has 59 valence electrons. The molecule has 0 nitrogen and oxygen atoms in total. The van der Waals surface area contributed by atoms with Crippen LogP contribution < -0.4 is 0 Å². The Hall–Kier alpha value is -0.720. The van der Waals surface area contributed by atoms with Crippen LogP contribution in [0.25, 0.3) is 10.8 Å². The molecule has 0 N–H and O–H groups in total. The summed E-state index contributed by atoms with van der Waals surface area (Å²) in [4.78, 5) is 0. The molecule has 0 bridgehead atoms. The van der Waals surface area contributed by atoms with Crippen LogP contribution in [0.2, 0.25) is 10.0 Å². The van der Waals surface area contributed by atoms with Gasteiger partial charge in [-0.15, -0.1) is 0 Å². The van der Waals surface area contributed by atoms with Crippen LogP contribution in [-0.2, 0) is 0 Å². The van der Waals surface area contributed by atoms with Crippen LogP contribution in [0.4, 0.5) is 0 Å². The second-order valence-corrected chi connectivity index (χ2v) is 3.28. The summed E-state index contributed by atoms with van der Waals surface area (Å²) < 4.78 is 0. The lowest BCUT2D eigenvalue weighted by molar-refractivity contribution is 1.73. The zero-order valence-corrected chi connectivity index (χ0v) is 7.65. The second-order valence-electron chi connectivity index (χ2n) is 2.50. The highest BCUT2D eigenvalue weighted by Crippen LogP contribution is 2.29. The van der Waals surface area contributed by atoms with Crippen LogP contribution in [0, 0.1) is 6.07 Å². The average molecular weight is 196 g/mol. The van der Waals surface area contributed by atoms with Crippen molar-refractivity contribution in [3.8, 4) is 0 Å². The fourth-order valence-electron chi connectivity index (χ4n) is 1.13. The molecule has 0 saturated heterocycles. The zero-order valence-electron chi connectivity index (χ0n) is 6.14. The lowest BCUT2D eigenvalue weighted by Crippen LogP contribution is -1.74. The standard InChI is InChI=1S/C10H5Cl2/c11-9-6-5-7-3-1-2-4-8(7)10(9)12/h1-3,5-6H. The monoisotopic (exact) mass is 195 g/mol. The van der Waals surface area contributed by atoms with Crippen molar-refractivity contribution in [1.29, 1.82) is 0 Å². The summed E-state index contributed by atoms with van der Waals surface area (Å²) in [7, 11) is 0. The van der Waals surface area contributed by atoms with E-state index in [1.165, 1.54) is 0 Å². The van der Waals surface area contributed by atoms with Gasteiger partial charge >= 0.3 is 0 Å². The maximum atomic E-state index is 5.96. The summed E-state index contributed by atoms with van der Waals surface area (Å²) in [5.74, 6) is 0. The molecule has 2 aromatic rings. The Bertz CT molecular complexity index is 421. The summed E-state index contributed by atoms with van der Waals surface area (Å²) in [6.07, 6.45) is 0. The van der Waals surface area contributed by atoms with Gasteiger partial charge in [0.15, 0.2) is 0 Å². The molecule has 0 fully saturated rings. The van der Waals surface area contributed by atoms with E-state index in [0.29, 0.717) is 10.0 Å². The third kappa shape index (κ3) is 1.17. The minimum Gasteiger partial charge on any atom is -0.0827 e. The molecule has 2 aromatic carbocycles. The minimum absolute atomic E-state index is 0.576. The van der Waals surface area contributed by atoms with E-state index in [9.17, 15) is 0 Å². The van der Waals surface area contributed by atoms with Gasteiger partial charge in [0.1, 0.15) is 0 Å². The van der Waals surface area contributed by atoms with Crippen molar-refractivity contribution in [3.05, 3.63) is 46.4 Å². The highest BCUT2D eigenvalue weighted by atomic mass is 35.5. The molecular formula is C10H5Cl2. The van der Waals surface area contributed by atoms with Gasteiger partial charge in [0, 0.05) is 5.39 Å². The van der Waals surface area contributed by atoms with E-state index >= 15 is 0 Å². The number of hydrogen-bond donors (Lipinski definition) is 0. The van der Waals surface area contributed by atoms with Crippen molar-refractivity contribution in [2.45, 2.75) is 0 Å². The third-order valence-corrected chi connectivity index (χ3v) is 2.53. The van der Waals surface area contributed by atoms with Gasteiger partial charge in [-0.2, -0.15) is 0 Å². The Morgan fingerprint density at radius 1 is 1.08 bits per heavy atom.